The Morgan fingerprint density at radius 1 is 1.39 bits per heavy atom. The fourth-order valence-electron chi connectivity index (χ4n) is 2.15. The Morgan fingerprint density at radius 2 is 2.06 bits per heavy atom. The first-order valence-electron chi connectivity index (χ1n) is 5.91. The van der Waals surface area contributed by atoms with Gasteiger partial charge in [-0.05, 0) is 37.0 Å². The third kappa shape index (κ3) is 3.23. The van der Waals surface area contributed by atoms with Crippen molar-refractivity contribution in [3.05, 3.63) is 34.1 Å². The molecule has 0 radical (unpaired) electrons. The molecular formula is C13H14BrClFNO. The van der Waals surface area contributed by atoms with Gasteiger partial charge in [0.25, 0.3) is 5.91 Å². The Hall–Kier alpha value is -0.610. The van der Waals surface area contributed by atoms with Gasteiger partial charge in [0, 0.05) is 29.0 Å². The molecule has 2 nitrogen and oxygen atoms in total. The fraction of sp³-hybridized carbons (Fsp3) is 0.462. The Kier molecular flexibility index (Phi) is 4.62. The van der Waals surface area contributed by atoms with Crippen LogP contribution in [0.4, 0.5) is 4.39 Å². The lowest BCUT2D eigenvalue weighted by Gasteiger charge is -2.31. The van der Waals surface area contributed by atoms with Gasteiger partial charge < -0.3 is 4.90 Å². The summed E-state index contributed by atoms with van der Waals surface area (Å²) in [5, 5.41) is 0. The number of carbonyl (C=O) groups is 1. The zero-order chi connectivity index (χ0) is 13.1. The number of likely N-dealkylation sites (tertiary alicyclic amines) is 1. The molecule has 1 aliphatic heterocycles. The van der Waals surface area contributed by atoms with E-state index in [-0.39, 0.29) is 5.91 Å². The van der Waals surface area contributed by atoms with E-state index in [9.17, 15) is 9.18 Å². The first-order chi connectivity index (χ1) is 8.60. The topological polar surface area (TPSA) is 20.3 Å². The van der Waals surface area contributed by atoms with Crippen LogP contribution in [0.5, 0.6) is 0 Å². The standard InChI is InChI=1S/C13H14BrClFNO/c14-11-5-10(6-12(16)7-11)13(18)17-3-1-9(8-15)2-4-17/h5-7,9H,1-4,8H2. The summed E-state index contributed by atoms with van der Waals surface area (Å²) in [7, 11) is 0. The van der Waals surface area contributed by atoms with E-state index in [0.717, 1.165) is 12.8 Å². The third-order valence-corrected chi connectivity index (χ3v) is 4.12. The molecule has 0 N–H and O–H groups in total. The molecule has 0 saturated carbocycles. The number of alkyl halides is 1. The first kappa shape index (κ1) is 13.8. The molecule has 0 aromatic heterocycles. The second-order valence-electron chi connectivity index (χ2n) is 4.55. The van der Waals surface area contributed by atoms with Crippen molar-refractivity contribution < 1.29 is 9.18 Å². The lowest BCUT2D eigenvalue weighted by Crippen LogP contribution is -2.38. The molecule has 1 aromatic rings. The Labute approximate surface area is 119 Å². The summed E-state index contributed by atoms with van der Waals surface area (Å²) in [5.41, 5.74) is 0.395. The van der Waals surface area contributed by atoms with Gasteiger partial charge in [-0.2, -0.15) is 0 Å². The van der Waals surface area contributed by atoms with E-state index in [2.05, 4.69) is 15.9 Å². The third-order valence-electron chi connectivity index (χ3n) is 3.23. The van der Waals surface area contributed by atoms with Crippen LogP contribution in [0, 0.1) is 11.7 Å². The molecule has 1 saturated heterocycles. The van der Waals surface area contributed by atoms with Crippen LogP contribution in [0.3, 0.4) is 0 Å². The van der Waals surface area contributed by atoms with Crippen LogP contribution in [0.1, 0.15) is 23.2 Å². The highest BCUT2D eigenvalue weighted by atomic mass is 79.9. The number of rotatable bonds is 2. The highest BCUT2D eigenvalue weighted by molar-refractivity contribution is 9.10. The number of hydrogen-bond acceptors (Lipinski definition) is 1. The minimum atomic E-state index is -0.400. The first-order valence-corrected chi connectivity index (χ1v) is 7.24. The minimum absolute atomic E-state index is 0.108. The minimum Gasteiger partial charge on any atom is -0.339 e. The Balaban J connectivity index is 2.07. The van der Waals surface area contributed by atoms with Crippen LogP contribution < -0.4 is 0 Å². The maximum atomic E-state index is 13.3. The van der Waals surface area contributed by atoms with E-state index in [1.54, 1.807) is 11.0 Å². The monoisotopic (exact) mass is 333 g/mol. The van der Waals surface area contributed by atoms with Gasteiger partial charge in [0.15, 0.2) is 0 Å². The van der Waals surface area contributed by atoms with Crippen molar-refractivity contribution in [1.82, 2.24) is 4.90 Å². The molecule has 18 heavy (non-hydrogen) atoms. The molecule has 1 aromatic carbocycles. The van der Waals surface area contributed by atoms with Crippen molar-refractivity contribution >= 4 is 33.4 Å². The quantitative estimate of drug-likeness (QED) is 0.756. The van der Waals surface area contributed by atoms with Gasteiger partial charge in [0.05, 0.1) is 0 Å². The van der Waals surface area contributed by atoms with Gasteiger partial charge in [0.2, 0.25) is 0 Å². The summed E-state index contributed by atoms with van der Waals surface area (Å²) in [4.78, 5) is 14.0. The maximum absolute atomic E-state index is 13.3. The summed E-state index contributed by atoms with van der Waals surface area (Å²) in [6.45, 7) is 1.40. The molecule has 0 unspecified atom stereocenters. The molecule has 0 atom stereocenters. The molecule has 0 aliphatic carbocycles. The smallest absolute Gasteiger partial charge is 0.253 e. The zero-order valence-corrected chi connectivity index (χ0v) is 12.2. The summed E-state index contributed by atoms with van der Waals surface area (Å²) in [6.07, 6.45) is 1.84. The van der Waals surface area contributed by atoms with Crippen molar-refractivity contribution in [3.63, 3.8) is 0 Å². The highest BCUT2D eigenvalue weighted by Gasteiger charge is 2.23. The van der Waals surface area contributed by atoms with Crippen LogP contribution in [-0.4, -0.2) is 29.8 Å². The van der Waals surface area contributed by atoms with Crippen LogP contribution in [-0.2, 0) is 0 Å². The van der Waals surface area contributed by atoms with E-state index in [0.29, 0.717) is 34.9 Å². The average Bonchev–Trinajstić information content (AvgIpc) is 2.37. The van der Waals surface area contributed by atoms with Crippen molar-refractivity contribution in [2.45, 2.75) is 12.8 Å². The van der Waals surface area contributed by atoms with Crippen LogP contribution in [0.2, 0.25) is 0 Å². The number of nitrogens with zero attached hydrogens (tertiary/aromatic N) is 1. The largest absolute Gasteiger partial charge is 0.339 e. The number of halogens is 3. The van der Waals surface area contributed by atoms with Crippen molar-refractivity contribution in [1.29, 1.82) is 0 Å². The lowest BCUT2D eigenvalue weighted by atomic mass is 9.98. The SMILES string of the molecule is O=C(c1cc(F)cc(Br)c1)N1CCC(CCl)CC1. The molecule has 2 rings (SSSR count). The molecule has 1 fully saturated rings. The van der Waals surface area contributed by atoms with E-state index in [1.165, 1.54) is 12.1 Å². The summed E-state index contributed by atoms with van der Waals surface area (Å²) in [6, 6.07) is 4.27. The van der Waals surface area contributed by atoms with E-state index >= 15 is 0 Å². The van der Waals surface area contributed by atoms with Crippen LogP contribution >= 0.6 is 27.5 Å². The molecule has 98 valence electrons. The molecule has 0 bridgehead atoms. The van der Waals surface area contributed by atoms with E-state index in [1.807, 2.05) is 0 Å². The van der Waals surface area contributed by atoms with E-state index < -0.39 is 5.82 Å². The highest BCUT2D eigenvalue weighted by Crippen LogP contribution is 2.21. The Morgan fingerprint density at radius 3 is 2.61 bits per heavy atom. The summed E-state index contributed by atoms with van der Waals surface area (Å²) in [5.74, 6) is 0.634. The number of amides is 1. The predicted octanol–water partition coefficient (Wildman–Crippen LogP) is 3.68. The van der Waals surface area contributed by atoms with Crippen LogP contribution in [0.15, 0.2) is 22.7 Å². The van der Waals surface area contributed by atoms with E-state index in [4.69, 9.17) is 11.6 Å². The zero-order valence-electron chi connectivity index (χ0n) is 9.83. The maximum Gasteiger partial charge on any atom is 0.253 e. The summed E-state index contributed by atoms with van der Waals surface area (Å²) < 4.78 is 13.8. The van der Waals surface area contributed by atoms with Crippen molar-refractivity contribution in [2.75, 3.05) is 19.0 Å². The van der Waals surface area contributed by atoms with Crippen molar-refractivity contribution in [2.24, 2.45) is 5.92 Å². The number of piperidine rings is 1. The molecular weight excluding hydrogens is 321 g/mol. The van der Waals surface area contributed by atoms with Gasteiger partial charge in [-0.3, -0.25) is 4.79 Å². The lowest BCUT2D eigenvalue weighted by molar-refractivity contribution is 0.0697. The second kappa shape index (κ2) is 6.02. The molecule has 1 aliphatic rings. The molecule has 5 heteroatoms. The molecule has 0 spiro atoms. The van der Waals surface area contributed by atoms with Gasteiger partial charge >= 0.3 is 0 Å². The number of hydrogen-bond donors (Lipinski definition) is 0. The van der Waals surface area contributed by atoms with Crippen LogP contribution in [0.25, 0.3) is 0 Å². The molecule has 1 heterocycles. The van der Waals surface area contributed by atoms with Gasteiger partial charge in [-0.25, -0.2) is 4.39 Å². The van der Waals surface area contributed by atoms with Gasteiger partial charge in [-0.15, -0.1) is 11.6 Å². The molecule has 1 amide bonds. The number of benzene rings is 1. The predicted molar refractivity (Wildman–Crippen MR) is 73.4 cm³/mol. The second-order valence-corrected chi connectivity index (χ2v) is 5.77. The number of carbonyl (C=O) groups excluding carboxylic acids is 1. The summed E-state index contributed by atoms with van der Waals surface area (Å²) >= 11 is 9.00. The van der Waals surface area contributed by atoms with Gasteiger partial charge in [0.1, 0.15) is 5.82 Å². The fourth-order valence-corrected chi connectivity index (χ4v) is 2.92. The normalized spacial score (nSPS) is 16.9. The van der Waals surface area contributed by atoms with Gasteiger partial charge in [-0.1, -0.05) is 15.9 Å². The average molecular weight is 335 g/mol. The Bertz CT molecular complexity index is 426. The van der Waals surface area contributed by atoms with Crippen molar-refractivity contribution in [3.8, 4) is 0 Å².